The van der Waals surface area contributed by atoms with Gasteiger partial charge in [0.25, 0.3) is 0 Å². The maximum atomic E-state index is 6.53. The molecular formula is C46H33N4OPtS-3. The molecule has 5 nitrogen and oxygen atoms in total. The van der Waals surface area contributed by atoms with Gasteiger partial charge in [0.2, 0.25) is 0 Å². The van der Waals surface area contributed by atoms with Crippen LogP contribution in [-0.4, -0.2) is 9.55 Å². The summed E-state index contributed by atoms with van der Waals surface area (Å²) in [6, 6.07) is 53.8. The van der Waals surface area contributed by atoms with Gasteiger partial charge in [0.15, 0.2) is 0 Å². The number of anilines is 4. The molecule has 0 amide bonds. The average Bonchev–Trinajstić information content (AvgIpc) is 3.84. The molecule has 1 aliphatic heterocycles. The third-order valence-electron chi connectivity index (χ3n) is 9.90. The summed E-state index contributed by atoms with van der Waals surface area (Å²) in [5.74, 6) is 2.08. The normalized spacial score (nSPS) is 12.9. The van der Waals surface area contributed by atoms with E-state index >= 15 is 0 Å². The summed E-state index contributed by atoms with van der Waals surface area (Å²) < 4.78 is 11.3. The number of hydrogen-bond acceptors (Lipinski definition) is 5. The summed E-state index contributed by atoms with van der Waals surface area (Å²) >= 11 is 1.84. The minimum Gasteiger partial charge on any atom is -0.509 e. The summed E-state index contributed by atoms with van der Waals surface area (Å²) in [7, 11) is 0. The van der Waals surface area contributed by atoms with Crippen molar-refractivity contribution in [2.45, 2.75) is 26.2 Å². The minimum atomic E-state index is -0.00784. The third-order valence-corrected chi connectivity index (χ3v) is 11.1. The minimum absolute atomic E-state index is 0. The molecule has 6 aromatic carbocycles. The molecule has 0 N–H and O–H groups in total. The number of aromatic nitrogens is 2. The standard InChI is InChI=1S/C46H33N4OS.Pt/c1-46(2,3)30-23-24-47-45(25-30)50-39-15-6-4-13-35(39)36-21-20-34(28-42(36)50)51-33-12-10-11-31(26-33)48-29-49(41-17-8-7-16-40(41)48)32-19-22-44-38(27-32)37-14-5-9-18-43(37)52-44;/h4-25,27,29H,1-3H3;/q-3;. The smallest absolute Gasteiger partial charge is 0.135 e. The number of ether oxygens (including phenoxy) is 1. The van der Waals surface area contributed by atoms with Crippen molar-refractivity contribution in [3.05, 3.63) is 164 Å². The number of benzene rings is 6. The first-order valence-corrected chi connectivity index (χ1v) is 18.3. The number of pyridine rings is 1. The predicted molar refractivity (Wildman–Crippen MR) is 216 cm³/mol. The molecule has 4 heterocycles. The van der Waals surface area contributed by atoms with Gasteiger partial charge in [-0.3, -0.25) is 0 Å². The van der Waals surface area contributed by atoms with E-state index in [1.54, 1.807) is 0 Å². The van der Waals surface area contributed by atoms with E-state index < -0.39 is 0 Å². The van der Waals surface area contributed by atoms with E-state index in [2.05, 4.69) is 169 Å². The Morgan fingerprint density at radius 1 is 0.642 bits per heavy atom. The van der Waals surface area contributed by atoms with Crippen LogP contribution in [0.4, 0.5) is 22.7 Å². The molecule has 0 saturated carbocycles. The fraction of sp³-hybridized carbons (Fsp3) is 0.0870. The summed E-state index contributed by atoms with van der Waals surface area (Å²) in [6.07, 6.45) is 1.90. The summed E-state index contributed by atoms with van der Waals surface area (Å²) in [5, 5.41) is 4.81. The largest absolute Gasteiger partial charge is 0.509 e. The van der Waals surface area contributed by atoms with Gasteiger partial charge in [0.05, 0.1) is 0 Å². The molecule has 0 saturated heterocycles. The van der Waals surface area contributed by atoms with Crippen molar-refractivity contribution < 1.29 is 25.8 Å². The number of fused-ring (bicyclic) bond motifs is 7. The fourth-order valence-electron chi connectivity index (χ4n) is 7.31. The molecule has 0 fully saturated rings. The van der Waals surface area contributed by atoms with Crippen LogP contribution in [-0.2, 0) is 26.5 Å². The SMILES string of the molecule is CC(C)(C)c1ccnc(-n2c3[c-]c(Oc4[c-]c(N5[CH-]N(c6ccc7sc8ccccc8c7c6)c6ccccc65)ccc4)ccc3c3ccccc32)c1.[Pt]. The predicted octanol–water partition coefficient (Wildman–Crippen LogP) is 12.6. The van der Waals surface area contributed by atoms with Crippen LogP contribution in [0.5, 0.6) is 11.5 Å². The van der Waals surface area contributed by atoms with Gasteiger partial charge >= 0.3 is 0 Å². The molecule has 3 aromatic heterocycles. The van der Waals surface area contributed by atoms with Crippen LogP contribution < -0.4 is 14.5 Å². The van der Waals surface area contributed by atoms with Crippen LogP contribution >= 0.6 is 11.3 Å². The molecule has 0 unspecified atom stereocenters. The van der Waals surface area contributed by atoms with Crippen molar-refractivity contribution in [3.63, 3.8) is 0 Å². The fourth-order valence-corrected chi connectivity index (χ4v) is 8.39. The van der Waals surface area contributed by atoms with E-state index in [-0.39, 0.29) is 26.5 Å². The number of nitrogens with zero attached hydrogens (tertiary/aromatic N) is 4. The first-order valence-electron chi connectivity index (χ1n) is 17.5. The first-order chi connectivity index (χ1) is 25.4. The van der Waals surface area contributed by atoms with Crippen molar-refractivity contribution >= 4 is 76.1 Å². The monoisotopic (exact) mass is 884 g/mol. The molecule has 7 heteroatoms. The second-order valence-corrected chi connectivity index (χ2v) is 15.3. The van der Waals surface area contributed by atoms with Gasteiger partial charge in [-0.2, -0.15) is 12.1 Å². The van der Waals surface area contributed by atoms with Crippen molar-refractivity contribution in [3.8, 4) is 17.3 Å². The molecule has 0 aliphatic carbocycles. The number of hydrogen-bond donors (Lipinski definition) is 0. The van der Waals surface area contributed by atoms with Gasteiger partial charge in [0, 0.05) is 81.5 Å². The Bertz CT molecular complexity index is 2830. The van der Waals surface area contributed by atoms with Crippen molar-refractivity contribution in [2.24, 2.45) is 0 Å². The van der Waals surface area contributed by atoms with Crippen molar-refractivity contribution in [2.75, 3.05) is 9.80 Å². The van der Waals surface area contributed by atoms with Crippen LogP contribution in [0.25, 0.3) is 47.8 Å². The first kappa shape index (κ1) is 33.4. The van der Waals surface area contributed by atoms with Crippen LogP contribution in [0.1, 0.15) is 26.3 Å². The Hall–Kier alpha value is -5.42. The Morgan fingerprint density at radius 2 is 1.38 bits per heavy atom. The van der Waals surface area contributed by atoms with Gasteiger partial charge in [-0.1, -0.05) is 74.8 Å². The number of para-hydroxylation sites is 3. The second-order valence-electron chi connectivity index (χ2n) is 14.2. The molecule has 0 spiro atoms. The zero-order valence-corrected chi connectivity index (χ0v) is 32.4. The van der Waals surface area contributed by atoms with Gasteiger partial charge in [-0.15, -0.1) is 59.4 Å². The molecular weight excluding hydrogens is 852 g/mol. The summed E-state index contributed by atoms with van der Waals surface area (Å²) in [5.41, 5.74) is 7.39. The molecule has 9 aromatic rings. The van der Waals surface area contributed by atoms with E-state index in [1.807, 2.05) is 35.7 Å². The van der Waals surface area contributed by atoms with E-state index in [0.29, 0.717) is 11.5 Å². The van der Waals surface area contributed by atoms with Gasteiger partial charge in [0.1, 0.15) is 5.82 Å². The topological polar surface area (TPSA) is 33.5 Å². The van der Waals surface area contributed by atoms with E-state index in [4.69, 9.17) is 9.72 Å². The van der Waals surface area contributed by atoms with Gasteiger partial charge < -0.3 is 19.1 Å². The van der Waals surface area contributed by atoms with Crippen LogP contribution in [0.15, 0.2) is 140 Å². The van der Waals surface area contributed by atoms with E-state index in [0.717, 1.165) is 50.4 Å². The molecule has 262 valence electrons. The number of thiophene rings is 1. The maximum absolute atomic E-state index is 6.53. The van der Waals surface area contributed by atoms with Crippen molar-refractivity contribution in [1.29, 1.82) is 0 Å². The van der Waals surface area contributed by atoms with E-state index in [1.165, 1.54) is 25.7 Å². The molecule has 10 rings (SSSR count). The molecule has 0 bridgehead atoms. The molecule has 0 atom stereocenters. The summed E-state index contributed by atoms with van der Waals surface area (Å²) in [4.78, 5) is 9.25. The summed E-state index contributed by atoms with van der Waals surface area (Å²) in [6.45, 7) is 8.82. The maximum Gasteiger partial charge on any atom is 0.135 e. The van der Waals surface area contributed by atoms with Crippen LogP contribution in [0, 0.1) is 18.8 Å². The van der Waals surface area contributed by atoms with E-state index in [9.17, 15) is 0 Å². The van der Waals surface area contributed by atoms with Crippen molar-refractivity contribution in [1.82, 2.24) is 9.55 Å². The van der Waals surface area contributed by atoms with Gasteiger partial charge in [-0.25, -0.2) is 4.98 Å². The van der Waals surface area contributed by atoms with Crippen LogP contribution in [0.2, 0.25) is 0 Å². The second kappa shape index (κ2) is 12.9. The van der Waals surface area contributed by atoms with Gasteiger partial charge in [-0.05, 0) is 71.0 Å². The molecule has 53 heavy (non-hydrogen) atoms. The Labute approximate surface area is 327 Å². The zero-order chi connectivity index (χ0) is 35.0. The Morgan fingerprint density at radius 3 is 2.23 bits per heavy atom. The average molecular weight is 885 g/mol. The Kier molecular flexibility index (Phi) is 8.14. The molecule has 1 aliphatic rings. The quantitative estimate of drug-likeness (QED) is 0.161. The Balaban J connectivity index is 0.00000372. The zero-order valence-electron chi connectivity index (χ0n) is 29.3. The molecule has 0 radical (unpaired) electrons. The third kappa shape index (κ3) is 5.69. The van der Waals surface area contributed by atoms with Crippen LogP contribution in [0.3, 0.4) is 0 Å². The number of rotatable bonds is 5.